The number of thiophene rings is 1. The summed E-state index contributed by atoms with van der Waals surface area (Å²) >= 11 is 1.66. The molecule has 0 amide bonds. The highest BCUT2D eigenvalue weighted by atomic mass is 32.1. The predicted molar refractivity (Wildman–Crippen MR) is 143 cm³/mol. The first-order chi connectivity index (χ1) is 18.4. The number of Topliss-reactive ketones (excluding diaryl/α,β-unsaturated/α-hetero) is 1. The summed E-state index contributed by atoms with van der Waals surface area (Å²) in [6.07, 6.45) is 2.76. The summed E-state index contributed by atoms with van der Waals surface area (Å²) in [5.74, 6) is 0.331. The highest BCUT2D eigenvalue weighted by Gasteiger charge is 2.42. The molecule has 1 fully saturated rings. The van der Waals surface area contributed by atoms with Crippen LogP contribution in [0.5, 0.6) is 17.2 Å². The van der Waals surface area contributed by atoms with Gasteiger partial charge in [0.25, 0.3) is 0 Å². The van der Waals surface area contributed by atoms with Gasteiger partial charge >= 0.3 is 5.97 Å². The van der Waals surface area contributed by atoms with E-state index < -0.39 is 11.9 Å². The van der Waals surface area contributed by atoms with Crippen LogP contribution in [0, 0.1) is 0 Å². The topological polar surface area (TPSA) is 92.3 Å². The van der Waals surface area contributed by atoms with Crippen LogP contribution in [0.2, 0.25) is 0 Å². The standard InChI is InChI=1S/C29H33NO7S/c1-16-25(29(32)37-15-19-7-5-9-36-19)26(18-13-22(33-2)28(35-4)23(14-18)34-3)27-20(30-16)11-17(12-21(27)31)24-8-6-10-38-24/h6,8,10,13-14,17,19,26,30H,5,7,9,11-12,15H2,1-4H3/t17-,19+,26+/m1/s1. The Labute approximate surface area is 226 Å². The van der Waals surface area contributed by atoms with Crippen molar-refractivity contribution in [2.75, 3.05) is 34.5 Å². The normalized spacial score (nSPS) is 23.2. The zero-order chi connectivity index (χ0) is 26.8. The molecule has 3 aliphatic rings. The second kappa shape index (κ2) is 11.2. The van der Waals surface area contributed by atoms with Gasteiger partial charge in [-0.1, -0.05) is 6.07 Å². The number of carbonyl (C=O) groups excluding carboxylic acids is 2. The molecule has 0 unspecified atom stereocenters. The van der Waals surface area contributed by atoms with Crippen molar-refractivity contribution in [3.05, 3.63) is 62.6 Å². The van der Waals surface area contributed by atoms with Gasteiger partial charge in [0.2, 0.25) is 5.75 Å². The highest BCUT2D eigenvalue weighted by Crippen LogP contribution is 2.49. The van der Waals surface area contributed by atoms with Gasteiger partial charge in [0.1, 0.15) is 6.61 Å². The number of ether oxygens (including phenoxy) is 5. The fourth-order valence-electron chi connectivity index (χ4n) is 5.66. The quantitative estimate of drug-likeness (QED) is 0.476. The monoisotopic (exact) mass is 539 g/mol. The molecule has 3 heterocycles. The molecular formula is C29H33NO7S. The predicted octanol–water partition coefficient (Wildman–Crippen LogP) is 4.86. The molecule has 1 aliphatic carbocycles. The zero-order valence-electron chi connectivity index (χ0n) is 22.1. The third-order valence-corrected chi connectivity index (χ3v) is 8.47. The Kier molecular flexibility index (Phi) is 7.76. The molecule has 1 aromatic heterocycles. The molecular weight excluding hydrogens is 506 g/mol. The lowest BCUT2D eigenvalue weighted by Crippen LogP contribution is -2.36. The van der Waals surface area contributed by atoms with Crippen LogP contribution in [0.1, 0.15) is 54.9 Å². The number of hydrogen-bond acceptors (Lipinski definition) is 9. The zero-order valence-corrected chi connectivity index (χ0v) is 22.9. The van der Waals surface area contributed by atoms with Gasteiger partial charge in [0, 0.05) is 46.7 Å². The van der Waals surface area contributed by atoms with Crippen molar-refractivity contribution in [2.45, 2.75) is 50.5 Å². The second-order valence-electron chi connectivity index (χ2n) is 9.72. The van der Waals surface area contributed by atoms with Crippen LogP contribution in [0.3, 0.4) is 0 Å². The maximum Gasteiger partial charge on any atom is 0.336 e. The number of benzene rings is 1. The van der Waals surface area contributed by atoms with Crippen LogP contribution in [0.4, 0.5) is 0 Å². The Hall–Kier alpha value is -3.30. The molecule has 38 heavy (non-hydrogen) atoms. The van der Waals surface area contributed by atoms with E-state index in [0.29, 0.717) is 59.1 Å². The van der Waals surface area contributed by atoms with Crippen molar-refractivity contribution in [3.63, 3.8) is 0 Å². The van der Waals surface area contributed by atoms with Crippen LogP contribution >= 0.6 is 11.3 Å². The third kappa shape index (κ3) is 4.92. The molecule has 5 rings (SSSR count). The summed E-state index contributed by atoms with van der Waals surface area (Å²) in [5.41, 5.74) is 3.19. The first kappa shape index (κ1) is 26.3. The molecule has 1 N–H and O–H groups in total. The van der Waals surface area contributed by atoms with Gasteiger partial charge in [-0.2, -0.15) is 0 Å². The number of hydrogen-bond donors (Lipinski definition) is 1. The molecule has 2 aromatic rings. The summed E-state index contributed by atoms with van der Waals surface area (Å²) in [6.45, 7) is 2.71. The van der Waals surface area contributed by atoms with Crippen LogP contribution < -0.4 is 19.5 Å². The fourth-order valence-corrected chi connectivity index (χ4v) is 6.49. The summed E-state index contributed by atoms with van der Waals surface area (Å²) in [5, 5.41) is 5.43. The van der Waals surface area contributed by atoms with Crippen LogP contribution in [0.25, 0.3) is 0 Å². The maximum atomic E-state index is 13.8. The average molecular weight is 540 g/mol. The number of esters is 1. The van der Waals surface area contributed by atoms with Gasteiger partial charge in [-0.05, 0) is 55.3 Å². The number of methoxy groups -OCH3 is 3. The number of dihydropyridines is 1. The Balaban J connectivity index is 1.58. The van der Waals surface area contributed by atoms with Crippen LogP contribution in [-0.2, 0) is 19.1 Å². The average Bonchev–Trinajstić information content (AvgIpc) is 3.65. The van der Waals surface area contributed by atoms with Crippen molar-refractivity contribution in [1.82, 2.24) is 5.32 Å². The van der Waals surface area contributed by atoms with Gasteiger partial charge in [-0.15, -0.1) is 11.3 Å². The van der Waals surface area contributed by atoms with Gasteiger partial charge < -0.3 is 29.0 Å². The SMILES string of the molecule is COc1cc([C@H]2C(C(=O)OC[C@@H]3CCCO3)=C(C)NC3=C2C(=O)C[C@H](c2cccs2)C3)cc(OC)c1OC. The molecule has 9 heteroatoms. The smallest absolute Gasteiger partial charge is 0.336 e. The summed E-state index contributed by atoms with van der Waals surface area (Å²) in [4.78, 5) is 28.6. The van der Waals surface area contributed by atoms with Crippen LogP contribution in [0.15, 0.2) is 52.2 Å². The molecule has 2 aliphatic heterocycles. The minimum absolute atomic E-state index is 0.00725. The van der Waals surface area contributed by atoms with Crippen molar-refractivity contribution in [1.29, 1.82) is 0 Å². The lowest BCUT2D eigenvalue weighted by Gasteiger charge is -2.36. The van der Waals surface area contributed by atoms with E-state index in [0.717, 1.165) is 18.5 Å². The lowest BCUT2D eigenvalue weighted by molar-refractivity contribution is -0.142. The van der Waals surface area contributed by atoms with Gasteiger partial charge in [-0.25, -0.2) is 4.79 Å². The first-order valence-electron chi connectivity index (χ1n) is 12.8. The van der Waals surface area contributed by atoms with Gasteiger partial charge in [0.05, 0.1) is 33.0 Å². The Bertz CT molecular complexity index is 1250. The fraction of sp³-hybridized carbons (Fsp3) is 0.448. The number of allylic oxidation sites excluding steroid dienone is 3. The molecule has 1 aromatic carbocycles. The largest absolute Gasteiger partial charge is 0.493 e. The van der Waals surface area contributed by atoms with Crippen molar-refractivity contribution in [2.24, 2.45) is 0 Å². The van der Waals surface area contributed by atoms with E-state index in [1.807, 2.05) is 18.4 Å². The first-order valence-corrected chi connectivity index (χ1v) is 13.7. The second-order valence-corrected chi connectivity index (χ2v) is 10.7. The molecule has 1 saturated heterocycles. The van der Waals surface area contributed by atoms with Gasteiger partial charge in [-0.3, -0.25) is 4.79 Å². The minimum Gasteiger partial charge on any atom is -0.493 e. The van der Waals surface area contributed by atoms with E-state index >= 15 is 0 Å². The Morgan fingerprint density at radius 3 is 2.50 bits per heavy atom. The summed E-state index contributed by atoms with van der Waals surface area (Å²) in [6, 6.07) is 7.70. The summed E-state index contributed by atoms with van der Waals surface area (Å²) < 4.78 is 28.1. The number of ketones is 1. The summed E-state index contributed by atoms with van der Waals surface area (Å²) in [7, 11) is 4.63. The minimum atomic E-state index is -0.645. The molecule has 3 atom stereocenters. The number of carbonyl (C=O) groups is 2. The molecule has 0 radical (unpaired) electrons. The molecule has 0 spiro atoms. The van der Waals surface area contributed by atoms with Crippen molar-refractivity contribution < 1.29 is 33.3 Å². The van der Waals surface area contributed by atoms with E-state index in [4.69, 9.17) is 23.7 Å². The molecule has 0 bridgehead atoms. The number of rotatable bonds is 8. The van der Waals surface area contributed by atoms with E-state index in [1.165, 1.54) is 4.88 Å². The third-order valence-electron chi connectivity index (χ3n) is 7.44. The van der Waals surface area contributed by atoms with Crippen molar-refractivity contribution in [3.8, 4) is 17.2 Å². The van der Waals surface area contributed by atoms with Crippen LogP contribution in [-0.4, -0.2) is 52.4 Å². The van der Waals surface area contributed by atoms with E-state index in [-0.39, 0.29) is 24.4 Å². The Morgan fingerprint density at radius 1 is 1.13 bits per heavy atom. The number of nitrogens with one attached hydrogen (secondary N) is 1. The van der Waals surface area contributed by atoms with E-state index in [1.54, 1.807) is 44.8 Å². The maximum absolute atomic E-state index is 13.8. The van der Waals surface area contributed by atoms with E-state index in [2.05, 4.69) is 11.4 Å². The molecule has 202 valence electrons. The molecule has 8 nitrogen and oxygen atoms in total. The Morgan fingerprint density at radius 2 is 1.89 bits per heavy atom. The van der Waals surface area contributed by atoms with Crippen molar-refractivity contribution >= 4 is 23.1 Å². The molecule has 0 saturated carbocycles. The highest BCUT2D eigenvalue weighted by molar-refractivity contribution is 7.10. The van der Waals surface area contributed by atoms with E-state index in [9.17, 15) is 9.59 Å². The van der Waals surface area contributed by atoms with Gasteiger partial charge in [0.15, 0.2) is 17.3 Å². The lowest BCUT2D eigenvalue weighted by atomic mass is 9.72.